The number of carboxylic acid groups (broad SMARTS) is 1. The van der Waals surface area contributed by atoms with Gasteiger partial charge in [0.25, 0.3) is 5.56 Å². The van der Waals surface area contributed by atoms with E-state index in [1.165, 1.54) is 16.8 Å². The molecule has 7 nitrogen and oxygen atoms in total. The number of halogens is 1. The summed E-state index contributed by atoms with van der Waals surface area (Å²) in [6.07, 6.45) is 0. The first kappa shape index (κ1) is 22.3. The van der Waals surface area contributed by atoms with Crippen LogP contribution < -0.4 is 10.3 Å². The summed E-state index contributed by atoms with van der Waals surface area (Å²) in [5, 5.41) is 15.7. The van der Waals surface area contributed by atoms with Gasteiger partial charge in [0.05, 0.1) is 11.9 Å². The van der Waals surface area contributed by atoms with Crippen LogP contribution in [0.4, 0.5) is 4.39 Å². The highest BCUT2D eigenvalue weighted by atomic mass is 19.1. The second-order valence-electron chi connectivity index (χ2n) is 8.19. The first-order valence-electron chi connectivity index (χ1n) is 11.1. The fourth-order valence-corrected chi connectivity index (χ4v) is 4.43. The molecule has 0 saturated heterocycles. The average molecular weight is 471 g/mol. The van der Waals surface area contributed by atoms with E-state index in [2.05, 4.69) is 5.10 Å². The van der Waals surface area contributed by atoms with Gasteiger partial charge < -0.3 is 14.4 Å². The SMILES string of the molecule is Cc1c(-c2nn(CCOc3ccccc3)c(=O)c3ccccc23)c2cc(F)ccc2n1CC(=O)O. The van der Waals surface area contributed by atoms with Crippen molar-refractivity contribution >= 4 is 27.6 Å². The molecule has 2 aromatic heterocycles. The molecule has 176 valence electrons. The standard InChI is InChI=1S/C27H22FN3O4/c1-17-25(22-15-18(28)11-12-23(22)30(17)16-24(32)33)26-20-9-5-6-10-21(20)27(34)31(29-26)13-14-35-19-7-3-2-4-8-19/h2-12,15H,13-14,16H2,1H3,(H,32,33). The lowest BCUT2D eigenvalue weighted by atomic mass is 10.0. The van der Waals surface area contributed by atoms with Crippen molar-refractivity contribution in [2.24, 2.45) is 0 Å². The van der Waals surface area contributed by atoms with Gasteiger partial charge in [-0.2, -0.15) is 5.10 Å². The summed E-state index contributed by atoms with van der Waals surface area (Å²) in [6.45, 7) is 1.92. The Morgan fingerprint density at radius 1 is 1.00 bits per heavy atom. The minimum atomic E-state index is -1.01. The number of carboxylic acids is 1. The third kappa shape index (κ3) is 4.14. The van der Waals surface area contributed by atoms with Gasteiger partial charge in [0.15, 0.2) is 0 Å². The number of carbonyl (C=O) groups is 1. The number of aromatic nitrogens is 3. The molecule has 0 radical (unpaired) electrons. The van der Waals surface area contributed by atoms with Crippen molar-refractivity contribution in [2.45, 2.75) is 20.0 Å². The Balaban J connectivity index is 1.68. The van der Waals surface area contributed by atoms with Crippen molar-refractivity contribution in [2.75, 3.05) is 6.61 Å². The zero-order valence-electron chi connectivity index (χ0n) is 18.9. The molecule has 3 aromatic carbocycles. The molecule has 0 saturated carbocycles. The quantitative estimate of drug-likeness (QED) is 0.374. The first-order chi connectivity index (χ1) is 16.9. The van der Waals surface area contributed by atoms with Crippen molar-refractivity contribution < 1.29 is 19.0 Å². The second kappa shape index (κ2) is 9.06. The van der Waals surface area contributed by atoms with E-state index >= 15 is 0 Å². The number of fused-ring (bicyclic) bond motifs is 2. The summed E-state index contributed by atoms with van der Waals surface area (Å²) in [7, 11) is 0. The van der Waals surface area contributed by atoms with Crippen LogP contribution in [0.15, 0.2) is 77.6 Å². The normalized spacial score (nSPS) is 11.3. The molecule has 0 spiro atoms. The Kier molecular flexibility index (Phi) is 5.78. The molecule has 0 aliphatic carbocycles. The molecule has 8 heteroatoms. The third-order valence-corrected chi connectivity index (χ3v) is 6.00. The lowest BCUT2D eigenvalue weighted by Crippen LogP contribution is -2.26. The van der Waals surface area contributed by atoms with E-state index in [0.717, 1.165) is 0 Å². The predicted molar refractivity (Wildman–Crippen MR) is 131 cm³/mol. The molecule has 0 aliphatic heterocycles. The summed E-state index contributed by atoms with van der Waals surface area (Å²) in [5.41, 5.74) is 2.01. The molecule has 1 N–H and O–H groups in total. The fourth-order valence-electron chi connectivity index (χ4n) is 4.43. The Bertz CT molecular complexity index is 1620. The van der Waals surface area contributed by atoms with E-state index in [0.29, 0.717) is 44.4 Å². The van der Waals surface area contributed by atoms with Crippen LogP contribution in [0.1, 0.15) is 5.69 Å². The predicted octanol–water partition coefficient (Wildman–Crippen LogP) is 4.63. The summed E-state index contributed by atoms with van der Waals surface area (Å²) in [5.74, 6) is -0.772. The maximum atomic E-state index is 14.3. The van der Waals surface area contributed by atoms with E-state index in [4.69, 9.17) is 4.74 Å². The number of para-hydroxylation sites is 1. The Morgan fingerprint density at radius 3 is 2.46 bits per heavy atom. The number of hydrogen-bond acceptors (Lipinski definition) is 4. The van der Waals surface area contributed by atoms with Gasteiger partial charge in [-0.25, -0.2) is 9.07 Å². The second-order valence-corrected chi connectivity index (χ2v) is 8.19. The Labute approximate surface area is 199 Å². The molecule has 5 aromatic rings. The van der Waals surface area contributed by atoms with E-state index in [1.807, 2.05) is 36.4 Å². The van der Waals surface area contributed by atoms with Crippen LogP contribution in [-0.2, 0) is 17.9 Å². The molecule has 0 aliphatic rings. The van der Waals surface area contributed by atoms with Crippen molar-refractivity contribution in [1.82, 2.24) is 14.3 Å². The highest BCUT2D eigenvalue weighted by Gasteiger charge is 2.22. The molecular weight excluding hydrogens is 449 g/mol. The van der Waals surface area contributed by atoms with Crippen LogP contribution in [0.5, 0.6) is 5.75 Å². The molecule has 0 bridgehead atoms. The first-order valence-corrected chi connectivity index (χ1v) is 11.1. The van der Waals surface area contributed by atoms with Crippen molar-refractivity contribution in [3.05, 3.63) is 94.7 Å². The molecule has 2 heterocycles. The van der Waals surface area contributed by atoms with Gasteiger partial charge in [0.2, 0.25) is 0 Å². The highest BCUT2D eigenvalue weighted by molar-refractivity contribution is 6.05. The fraction of sp³-hybridized carbons (Fsp3) is 0.148. The molecule has 0 unspecified atom stereocenters. The van der Waals surface area contributed by atoms with Crippen LogP contribution in [0, 0.1) is 12.7 Å². The minimum absolute atomic E-state index is 0.201. The third-order valence-electron chi connectivity index (χ3n) is 6.00. The van der Waals surface area contributed by atoms with Gasteiger partial charge in [-0.3, -0.25) is 9.59 Å². The molecule has 5 rings (SSSR count). The minimum Gasteiger partial charge on any atom is -0.492 e. The van der Waals surface area contributed by atoms with Crippen molar-refractivity contribution in [1.29, 1.82) is 0 Å². The summed E-state index contributed by atoms with van der Waals surface area (Å²) < 4.78 is 23.0. The lowest BCUT2D eigenvalue weighted by Gasteiger charge is -2.13. The lowest BCUT2D eigenvalue weighted by molar-refractivity contribution is -0.137. The topological polar surface area (TPSA) is 86.4 Å². The van der Waals surface area contributed by atoms with Gasteiger partial charge in [0.1, 0.15) is 30.4 Å². The highest BCUT2D eigenvalue weighted by Crippen LogP contribution is 2.36. The van der Waals surface area contributed by atoms with Crippen LogP contribution in [0.25, 0.3) is 32.9 Å². The largest absolute Gasteiger partial charge is 0.492 e. The van der Waals surface area contributed by atoms with Crippen LogP contribution in [-0.4, -0.2) is 32.0 Å². The summed E-state index contributed by atoms with van der Waals surface area (Å²) in [6, 6.07) is 20.6. The number of ether oxygens (including phenoxy) is 1. The Hall–Kier alpha value is -4.46. The van der Waals surface area contributed by atoms with Gasteiger partial charge in [-0.15, -0.1) is 0 Å². The maximum absolute atomic E-state index is 14.3. The molecule has 35 heavy (non-hydrogen) atoms. The number of nitrogens with zero attached hydrogens (tertiary/aromatic N) is 3. The molecular formula is C27H22FN3O4. The number of benzene rings is 3. The van der Waals surface area contributed by atoms with Gasteiger partial charge in [-0.1, -0.05) is 36.4 Å². The summed E-state index contributed by atoms with van der Waals surface area (Å²) in [4.78, 5) is 24.8. The molecule has 0 atom stereocenters. The van der Waals surface area contributed by atoms with E-state index < -0.39 is 11.8 Å². The zero-order valence-corrected chi connectivity index (χ0v) is 18.9. The van der Waals surface area contributed by atoms with Crippen LogP contribution >= 0.6 is 0 Å². The number of hydrogen-bond donors (Lipinski definition) is 1. The van der Waals surface area contributed by atoms with Crippen molar-refractivity contribution in [3.8, 4) is 17.0 Å². The summed E-state index contributed by atoms with van der Waals surface area (Å²) >= 11 is 0. The van der Waals surface area contributed by atoms with E-state index in [9.17, 15) is 19.1 Å². The maximum Gasteiger partial charge on any atom is 0.323 e. The average Bonchev–Trinajstić information content (AvgIpc) is 3.11. The van der Waals surface area contributed by atoms with Crippen LogP contribution in [0.2, 0.25) is 0 Å². The molecule has 0 fully saturated rings. The number of rotatable bonds is 7. The smallest absolute Gasteiger partial charge is 0.323 e. The van der Waals surface area contributed by atoms with E-state index in [-0.39, 0.29) is 25.3 Å². The van der Waals surface area contributed by atoms with Gasteiger partial charge >= 0.3 is 5.97 Å². The number of aliphatic carboxylic acids is 1. The van der Waals surface area contributed by atoms with Gasteiger partial charge in [-0.05, 0) is 43.3 Å². The van der Waals surface area contributed by atoms with Crippen molar-refractivity contribution in [3.63, 3.8) is 0 Å². The van der Waals surface area contributed by atoms with E-state index in [1.54, 1.807) is 35.8 Å². The zero-order chi connectivity index (χ0) is 24.5. The van der Waals surface area contributed by atoms with Gasteiger partial charge in [0, 0.05) is 27.5 Å². The molecule has 0 amide bonds. The van der Waals surface area contributed by atoms with Crippen LogP contribution in [0.3, 0.4) is 0 Å². The Morgan fingerprint density at radius 2 is 1.71 bits per heavy atom. The monoisotopic (exact) mass is 471 g/mol.